The van der Waals surface area contributed by atoms with E-state index in [2.05, 4.69) is 25.4 Å². The molecule has 1 atom stereocenters. The Kier molecular flexibility index (Phi) is 4.08. The van der Waals surface area contributed by atoms with Gasteiger partial charge in [-0.1, -0.05) is 12.8 Å². The lowest BCUT2D eigenvalue weighted by Crippen LogP contribution is -2.32. The molecule has 2 N–H and O–H groups in total. The second-order valence-electron chi connectivity index (χ2n) is 7.84. The molecule has 1 aliphatic rings. The molecule has 0 aliphatic heterocycles. The first kappa shape index (κ1) is 17.8. The van der Waals surface area contributed by atoms with E-state index in [9.17, 15) is 9.18 Å². The summed E-state index contributed by atoms with van der Waals surface area (Å²) in [6.45, 7) is 2.03. The van der Waals surface area contributed by atoms with E-state index < -0.39 is 0 Å². The molecule has 1 fully saturated rings. The van der Waals surface area contributed by atoms with Gasteiger partial charge in [0.1, 0.15) is 22.7 Å². The summed E-state index contributed by atoms with van der Waals surface area (Å²) < 4.78 is 15.2. The maximum Gasteiger partial charge on any atom is 0.255 e. The fraction of sp³-hybridized carbons (Fsp3) is 0.333. The monoisotopic (exact) mass is 392 g/mol. The van der Waals surface area contributed by atoms with Crippen molar-refractivity contribution >= 4 is 28.0 Å². The lowest BCUT2D eigenvalue weighted by atomic mass is 10.1. The van der Waals surface area contributed by atoms with Crippen molar-refractivity contribution < 1.29 is 9.18 Å². The van der Waals surface area contributed by atoms with E-state index in [4.69, 9.17) is 0 Å². The van der Waals surface area contributed by atoms with Gasteiger partial charge in [-0.2, -0.15) is 5.10 Å². The van der Waals surface area contributed by atoms with E-state index in [1.54, 1.807) is 30.2 Å². The summed E-state index contributed by atoms with van der Waals surface area (Å²) in [5, 5.41) is 8.33. The summed E-state index contributed by atoms with van der Waals surface area (Å²) >= 11 is 0. The number of aromatic amines is 1. The van der Waals surface area contributed by atoms with Gasteiger partial charge in [-0.05, 0) is 37.5 Å². The molecule has 1 aromatic carbocycles. The minimum atomic E-state index is -0.321. The molecule has 1 amide bonds. The zero-order valence-electron chi connectivity index (χ0n) is 16.2. The van der Waals surface area contributed by atoms with E-state index in [1.807, 2.05) is 6.92 Å². The number of carbonyl (C=O) groups excluding carboxylic acids is 1. The molecule has 29 heavy (non-hydrogen) atoms. The highest BCUT2D eigenvalue weighted by atomic mass is 19.1. The van der Waals surface area contributed by atoms with Crippen molar-refractivity contribution in [2.45, 2.75) is 32.2 Å². The first-order valence-electron chi connectivity index (χ1n) is 9.77. The van der Waals surface area contributed by atoms with Gasteiger partial charge in [-0.3, -0.25) is 9.48 Å². The number of fused-ring (bicyclic) bond motifs is 2. The minimum absolute atomic E-state index is 0.116. The molecule has 0 spiro atoms. The van der Waals surface area contributed by atoms with Crippen LogP contribution >= 0.6 is 0 Å². The zero-order chi connectivity index (χ0) is 20.1. The standard InChI is InChI=1S/C21H21FN6O/c1-11(7-12-3-4-12)25-21(29)15-9-23-20-19(15)26-16(10-24-20)18-14-6-5-13(22)8-17(14)28(2)27-18/h5-6,8-12H,3-4,7H2,1-2H3,(H,23,24)(H,25,29). The van der Waals surface area contributed by atoms with Crippen molar-refractivity contribution in [1.29, 1.82) is 0 Å². The van der Waals surface area contributed by atoms with Crippen LogP contribution in [0.1, 0.15) is 36.5 Å². The Morgan fingerprint density at radius 2 is 2.24 bits per heavy atom. The van der Waals surface area contributed by atoms with Gasteiger partial charge in [0.05, 0.1) is 17.3 Å². The quantitative estimate of drug-likeness (QED) is 0.543. The van der Waals surface area contributed by atoms with Gasteiger partial charge in [0.2, 0.25) is 0 Å². The van der Waals surface area contributed by atoms with Crippen LogP contribution < -0.4 is 5.32 Å². The van der Waals surface area contributed by atoms with Gasteiger partial charge >= 0.3 is 0 Å². The fourth-order valence-corrected chi connectivity index (χ4v) is 3.81. The predicted octanol–water partition coefficient (Wildman–Crippen LogP) is 3.57. The van der Waals surface area contributed by atoms with E-state index >= 15 is 0 Å². The number of nitrogens with zero attached hydrogens (tertiary/aromatic N) is 4. The second kappa shape index (κ2) is 6.65. The largest absolute Gasteiger partial charge is 0.349 e. The van der Waals surface area contributed by atoms with Crippen LogP contribution in [-0.2, 0) is 7.05 Å². The second-order valence-corrected chi connectivity index (χ2v) is 7.84. The average molecular weight is 392 g/mol. The van der Waals surface area contributed by atoms with E-state index in [1.165, 1.54) is 25.0 Å². The number of carbonyl (C=O) groups is 1. The Hall–Kier alpha value is -3.29. The molecule has 1 aliphatic carbocycles. The third kappa shape index (κ3) is 3.24. The molecule has 0 saturated heterocycles. The number of nitrogens with one attached hydrogen (secondary N) is 2. The van der Waals surface area contributed by atoms with Gasteiger partial charge in [0.25, 0.3) is 5.91 Å². The molecule has 3 aromatic heterocycles. The number of benzene rings is 1. The number of hydrogen-bond donors (Lipinski definition) is 2. The fourth-order valence-electron chi connectivity index (χ4n) is 3.81. The number of H-pyrrole nitrogens is 1. The maximum absolute atomic E-state index is 13.6. The van der Waals surface area contributed by atoms with E-state index in [0.29, 0.717) is 33.6 Å². The van der Waals surface area contributed by atoms with Crippen molar-refractivity contribution in [2.75, 3.05) is 0 Å². The van der Waals surface area contributed by atoms with Crippen LogP contribution in [0.5, 0.6) is 0 Å². The van der Waals surface area contributed by atoms with Gasteiger partial charge in [0.15, 0.2) is 5.65 Å². The van der Waals surface area contributed by atoms with Crippen LogP contribution in [0.25, 0.3) is 33.5 Å². The van der Waals surface area contributed by atoms with Crippen LogP contribution in [0.2, 0.25) is 0 Å². The zero-order valence-corrected chi connectivity index (χ0v) is 16.2. The number of hydrogen-bond acceptors (Lipinski definition) is 4. The molecule has 1 saturated carbocycles. The Labute approximate surface area is 166 Å². The smallest absolute Gasteiger partial charge is 0.255 e. The molecule has 3 heterocycles. The summed E-state index contributed by atoms with van der Waals surface area (Å²) in [4.78, 5) is 24.9. The molecule has 0 radical (unpaired) electrons. The number of aryl methyl sites for hydroxylation is 1. The Balaban J connectivity index is 1.52. The molecule has 7 nitrogen and oxygen atoms in total. The highest BCUT2D eigenvalue weighted by molar-refractivity contribution is 6.05. The van der Waals surface area contributed by atoms with Crippen LogP contribution in [-0.4, -0.2) is 36.7 Å². The number of aromatic nitrogens is 5. The van der Waals surface area contributed by atoms with E-state index in [-0.39, 0.29) is 17.8 Å². The third-order valence-corrected chi connectivity index (χ3v) is 5.44. The Bertz CT molecular complexity index is 1240. The van der Waals surface area contributed by atoms with Gasteiger partial charge in [-0.25, -0.2) is 14.4 Å². The van der Waals surface area contributed by atoms with Crippen molar-refractivity contribution in [1.82, 2.24) is 30.0 Å². The summed E-state index contributed by atoms with van der Waals surface area (Å²) in [6, 6.07) is 4.64. The summed E-state index contributed by atoms with van der Waals surface area (Å²) in [5.41, 5.74) is 3.31. The maximum atomic E-state index is 13.6. The third-order valence-electron chi connectivity index (χ3n) is 5.44. The summed E-state index contributed by atoms with van der Waals surface area (Å²) in [5.74, 6) is 0.254. The number of rotatable bonds is 5. The highest BCUT2D eigenvalue weighted by Gasteiger charge is 2.25. The summed E-state index contributed by atoms with van der Waals surface area (Å²) in [6.07, 6.45) is 6.76. The lowest BCUT2D eigenvalue weighted by Gasteiger charge is -2.12. The van der Waals surface area contributed by atoms with Gasteiger partial charge in [-0.15, -0.1) is 0 Å². The minimum Gasteiger partial charge on any atom is -0.349 e. The molecule has 4 aromatic rings. The van der Waals surface area contributed by atoms with Gasteiger partial charge < -0.3 is 10.3 Å². The van der Waals surface area contributed by atoms with Crippen molar-refractivity contribution in [3.8, 4) is 11.4 Å². The van der Waals surface area contributed by atoms with Crippen LogP contribution in [0.15, 0.2) is 30.6 Å². The molecule has 8 heteroatoms. The number of halogens is 1. The van der Waals surface area contributed by atoms with Crippen LogP contribution in [0.4, 0.5) is 4.39 Å². The molecule has 1 unspecified atom stereocenters. The van der Waals surface area contributed by atoms with Gasteiger partial charge in [0, 0.05) is 24.7 Å². The Morgan fingerprint density at radius 1 is 1.41 bits per heavy atom. The lowest BCUT2D eigenvalue weighted by molar-refractivity contribution is 0.0939. The first-order chi connectivity index (χ1) is 14.0. The highest BCUT2D eigenvalue weighted by Crippen LogP contribution is 2.33. The molecular formula is C21H21FN6O. The molecule has 5 rings (SSSR count). The average Bonchev–Trinajstić information content (AvgIpc) is 3.30. The predicted molar refractivity (Wildman–Crippen MR) is 108 cm³/mol. The topological polar surface area (TPSA) is 88.5 Å². The first-order valence-corrected chi connectivity index (χ1v) is 9.77. The molecule has 148 valence electrons. The SMILES string of the molecule is CC(CC1CC1)NC(=O)c1c[nH]c2ncc(-c3nn(C)c4cc(F)ccc34)nc12. The van der Waals surface area contributed by atoms with Crippen LogP contribution in [0.3, 0.4) is 0 Å². The van der Waals surface area contributed by atoms with Crippen molar-refractivity contribution in [2.24, 2.45) is 13.0 Å². The van der Waals surface area contributed by atoms with E-state index in [0.717, 1.165) is 17.7 Å². The number of amides is 1. The summed E-state index contributed by atoms with van der Waals surface area (Å²) in [7, 11) is 1.76. The normalized spacial score (nSPS) is 15.1. The van der Waals surface area contributed by atoms with Crippen LogP contribution in [0, 0.1) is 11.7 Å². The van der Waals surface area contributed by atoms with Crippen molar-refractivity contribution in [3.05, 3.63) is 42.0 Å². The van der Waals surface area contributed by atoms with Crippen molar-refractivity contribution in [3.63, 3.8) is 0 Å². The molecule has 0 bridgehead atoms. The Morgan fingerprint density at radius 3 is 3.03 bits per heavy atom. The molecular weight excluding hydrogens is 371 g/mol.